The maximum atomic E-state index is 11.8. The van der Waals surface area contributed by atoms with E-state index in [4.69, 9.17) is 14.2 Å². The molecule has 120 valence electrons. The second-order valence-corrected chi connectivity index (χ2v) is 5.09. The van der Waals surface area contributed by atoms with Gasteiger partial charge in [-0.3, -0.25) is 9.59 Å². The van der Waals surface area contributed by atoms with Crippen LogP contribution in [0.3, 0.4) is 0 Å². The smallest absolute Gasteiger partial charge is 0.311 e. The van der Waals surface area contributed by atoms with Crippen molar-refractivity contribution < 1.29 is 23.8 Å². The second-order valence-electron chi connectivity index (χ2n) is 5.09. The Labute approximate surface area is 130 Å². The summed E-state index contributed by atoms with van der Waals surface area (Å²) >= 11 is 0. The van der Waals surface area contributed by atoms with Crippen molar-refractivity contribution in [2.24, 2.45) is 0 Å². The highest BCUT2D eigenvalue weighted by atomic mass is 16.6. The predicted molar refractivity (Wildman–Crippen MR) is 83.0 cm³/mol. The van der Waals surface area contributed by atoms with Crippen LogP contribution < -0.4 is 9.47 Å². The summed E-state index contributed by atoms with van der Waals surface area (Å²) in [7, 11) is 1.50. The number of hydrogen-bond donors (Lipinski definition) is 0. The molecule has 5 heteroatoms. The molecule has 0 radical (unpaired) electrons. The molecule has 0 saturated heterocycles. The molecule has 0 heterocycles. The van der Waals surface area contributed by atoms with Crippen molar-refractivity contribution in [3.63, 3.8) is 0 Å². The minimum absolute atomic E-state index is 0.0104. The van der Waals surface area contributed by atoms with E-state index in [1.165, 1.54) is 7.11 Å². The zero-order chi connectivity index (χ0) is 16.5. The molecule has 0 fully saturated rings. The first kappa shape index (κ1) is 17.8. The molecule has 0 spiro atoms. The van der Waals surface area contributed by atoms with Gasteiger partial charge in [0.25, 0.3) is 0 Å². The highest BCUT2D eigenvalue weighted by Crippen LogP contribution is 2.28. The maximum absolute atomic E-state index is 11.8. The van der Waals surface area contributed by atoms with Gasteiger partial charge in [0.05, 0.1) is 20.0 Å². The predicted octanol–water partition coefficient (Wildman–Crippen LogP) is 3.20. The molecule has 0 aliphatic heterocycles. The second kappa shape index (κ2) is 8.87. The number of esters is 2. The van der Waals surface area contributed by atoms with Crippen LogP contribution in [0.25, 0.3) is 0 Å². The number of carbonyl (C=O) groups excluding carboxylic acids is 2. The number of aryl methyl sites for hydroxylation is 1. The summed E-state index contributed by atoms with van der Waals surface area (Å²) < 4.78 is 15.3. The van der Waals surface area contributed by atoms with Crippen LogP contribution in [-0.4, -0.2) is 25.7 Å². The molecule has 1 aromatic carbocycles. The molecule has 0 amide bonds. The number of hydrogen-bond acceptors (Lipinski definition) is 5. The minimum Gasteiger partial charge on any atom is -0.493 e. The zero-order valence-corrected chi connectivity index (χ0v) is 13.5. The van der Waals surface area contributed by atoms with Gasteiger partial charge in [0, 0.05) is 0 Å². The van der Waals surface area contributed by atoms with Crippen molar-refractivity contribution in [3.05, 3.63) is 35.4 Å². The highest BCUT2D eigenvalue weighted by molar-refractivity contribution is 5.79. The number of ether oxygens (including phenoxy) is 3. The number of methoxy groups -OCH3 is 1. The molecule has 0 atom stereocenters. The van der Waals surface area contributed by atoms with Gasteiger partial charge >= 0.3 is 11.9 Å². The van der Waals surface area contributed by atoms with Gasteiger partial charge in [0.2, 0.25) is 0 Å². The van der Waals surface area contributed by atoms with Crippen molar-refractivity contribution in [3.8, 4) is 11.5 Å². The van der Waals surface area contributed by atoms with Gasteiger partial charge in [-0.1, -0.05) is 11.6 Å². The van der Waals surface area contributed by atoms with Crippen LogP contribution in [0.15, 0.2) is 29.8 Å². The molecule has 1 rings (SSSR count). The Morgan fingerprint density at radius 3 is 2.41 bits per heavy atom. The first-order chi connectivity index (χ1) is 10.4. The standard InChI is InChI=1S/C17H22O5/c1-12(2)9-10-21-16(18)7-8-17(19)22-15-11-13(3)5-6-14(15)20-4/h5-6,9,11H,7-8,10H2,1-4H3. The van der Waals surface area contributed by atoms with Gasteiger partial charge in [-0.25, -0.2) is 0 Å². The fraction of sp³-hybridized carbons (Fsp3) is 0.412. The normalized spacial score (nSPS) is 9.82. The topological polar surface area (TPSA) is 61.8 Å². The lowest BCUT2D eigenvalue weighted by atomic mass is 10.2. The minimum atomic E-state index is -0.497. The average molecular weight is 306 g/mol. The Hall–Kier alpha value is -2.30. The largest absolute Gasteiger partial charge is 0.493 e. The van der Waals surface area contributed by atoms with Crippen molar-refractivity contribution in [2.75, 3.05) is 13.7 Å². The van der Waals surface area contributed by atoms with Gasteiger partial charge in [-0.05, 0) is 44.5 Å². The average Bonchev–Trinajstić information content (AvgIpc) is 2.45. The monoisotopic (exact) mass is 306 g/mol. The Bertz CT molecular complexity index is 556. The van der Waals surface area contributed by atoms with E-state index in [-0.39, 0.29) is 19.4 Å². The van der Waals surface area contributed by atoms with Crippen LogP contribution >= 0.6 is 0 Å². The van der Waals surface area contributed by atoms with E-state index in [1.54, 1.807) is 18.2 Å². The Balaban J connectivity index is 2.45. The van der Waals surface area contributed by atoms with Gasteiger partial charge in [-0.15, -0.1) is 0 Å². The van der Waals surface area contributed by atoms with E-state index >= 15 is 0 Å². The van der Waals surface area contributed by atoms with Gasteiger partial charge in [-0.2, -0.15) is 0 Å². The highest BCUT2D eigenvalue weighted by Gasteiger charge is 2.13. The van der Waals surface area contributed by atoms with Crippen LogP contribution in [0, 0.1) is 6.92 Å². The van der Waals surface area contributed by atoms with E-state index < -0.39 is 11.9 Å². The fourth-order valence-electron chi connectivity index (χ4n) is 1.61. The molecule has 0 saturated carbocycles. The fourth-order valence-corrected chi connectivity index (χ4v) is 1.61. The third kappa shape index (κ3) is 6.43. The SMILES string of the molecule is COc1ccc(C)cc1OC(=O)CCC(=O)OCC=C(C)C. The van der Waals surface area contributed by atoms with E-state index in [0.717, 1.165) is 11.1 Å². The molecule has 0 bridgehead atoms. The summed E-state index contributed by atoms with van der Waals surface area (Å²) in [6, 6.07) is 5.30. The molecular weight excluding hydrogens is 284 g/mol. The number of benzene rings is 1. The first-order valence-corrected chi connectivity index (χ1v) is 7.06. The third-order valence-electron chi connectivity index (χ3n) is 2.81. The van der Waals surface area contributed by atoms with Gasteiger partial charge < -0.3 is 14.2 Å². The Morgan fingerprint density at radius 2 is 1.77 bits per heavy atom. The Morgan fingerprint density at radius 1 is 1.09 bits per heavy atom. The summed E-state index contributed by atoms with van der Waals surface area (Å²) in [6.07, 6.45) is 1.75. The number of allylic oxidation sites excluding steroid dienone is 1. The van der Waals surface area contributed by atoms with Crippen molar-refractivity contribution in [2.45, 2.75) is 33.6 Å². The lowest BCUT2D eigenvalue weighted by Gasteiger charge is -2.09. The molecule has 0 aliphatic rings. The molecule has 0 aromatic heterocycles. The summed E-state index contributed by atoms with van der Waals surface area (Å²) in [5.41, 5.74) is 2.02. The van der Waals surface area contributed by atoms with Gasteiger partial charge in [0.15, 0.2) is 11.5 Å². The van der Waals surface area contributed by atoms with Gasteiger partial charge in [0.1, 0.15) is 6.61 Å². The maximum Gasteiger partial charge on any atom is 0.311 e. The van der Waals surface area contributed by atoms with Crippen molar-refractivity contribution in [1.82, 2.24) is 0 Å². The third-order valence-corrected chi connectivity index (χ3v) is 2.81. The van der Waals surface area contributed by atoms with E-state index in [2.05, 4.69) is 0 Å². The van der Waals surface area contributed by atoms with Crippen LogP contribution in [0.5, 0.6) is 11.5 Å². The van der Waals surface area contributed by atoms with Crippen LogP contribution in [0.2, 0.25) is 0 Å². The summed E-state index contributed by atoms with van der Waals surface area (Å²) in [6.45, 7) is 5.94. The van der Waals surface area contributed by atoms with Crippen LogP contribution in [0.4, 0.5) is 0 Å². The van der Waals surface area contributed by atoms with E-state index in [0.29, 0.717) is 11.5 Å². The molecule has 1 aromatic rings. The summed E-state index contributed by atoms with van der Waals surface area (Å²) in [5, 5.41) is 0. The molecule has 22 heavy (non-hydrogen) atoms. The van der Waals surface area contributed by atoms with Crippen LogP contribution in [-0.2, 0) is 14.3 Å². The molecular formula is C17H22O5. The summed E-state index contributed by atoms with van der Waals surface area (Å²) in [4.78, 5) is 23.3. The Kier molecular flexibility index (Phi) is 7.16. The van der Waals surface area contributed by atoms with Crippen molar-refractivity contribution >= 4 is 11.9 Å². The number of rotatable bonds is 7. The quantitative estimate of drug-likeness (QED) is 0.440. The van der Waals surface area contributed by atoms with Crippen LogP contribution in [0.1, 0.15) is 32.3 Å². The lowest BCUT2D eigenvalue weighted by Crippen LogP contribution is -2.13. The first-order valence-electron chi connectivity index (χ1n) is 7.06. The van der Waals surface area contributed by atoms with Crippen molar-refractivity contribution in [1.29, 1.82) is 0 Å². The molecule has 0 N–H and O–H groups in total. The lowest BCUT2D eigenvalue weighted by molar-refractivity contribution is -0.146. The summed E-state index contributed by atoms with van der Waals surface area (Å²) in [5.74, 6) is -0.0933. The molecule has 0 unspecified atom stereocenters. The number of carbonyl (C=O) groups is 2. The van der Waals surface area contributed by atoms with E-state index in [1.807, 2.05) is 26.8 Å². The van der Waals surface area contributed by atoms with E-state index in [9.17, 15) is 9.59 Å². The molecule has 5 nitrogen and oxygen atoms in total. The zero-order valence-electron chi connectivity index (χ0n) is 13.5. The molecule has 0 aliphatic carbocycles.